The van der Waals surface area contributed by atoms with E-state index in [1.165, 1.54) is 0 Å². The molecule has 1 aromatic carbocycles. The summed E-state index contributed by atoms with van der Waals surface area (Å²) < 4.78 is 5.06. The Kier molecular flexibility index (Phi) is 3.82. The van der Waals surface area contributed by atoms with Crippen molar-refractivity contribution in [3.8, 4) is 6.07 Å². The molecule has 0 spiro atoms. The van der Waals surface area contributed by atoms with Crippen LogP contribution in [0.2, 0.25) is 0 Å². The van der Waals surface area contributed by atoms with Crippen LogP contribution in [-0.4, -0.2) is 6.54 Å². The van der Waals surface area contributed by atoms with Gasteiger partial charge in [0.05, 0.1) is 25.0 Å². The Morgan fingerprint density at radius 1 is 1.18 bits per heavy atom. The van der Waals surface area contributed by atoms with Crippen LogP contribution in [0, 0.1) is 11.3 Å². The molecule has 0 radical (unpaired) electrons. The molecule has 0 aliphatic heterocycles. The Morgan fingerprint density at radius 2 is 2.00 bits per heavy atom. The van der Waals surface area contributed by atoms with Crippen LogP contribution in [-0.2, 0) is 6.54 Å². The molecule has 0 fully saturated rings. The summed E-state index contributed by atoms with van der Waals surface area (Å²) in [6.45, 7) is 1.49. The number of nitriles is 1. The molecule has 0 unspecified atom stereocenters. The molecule has 3 nitrogen and oxygen atoms in total. The molecule has 0 N–H and O–H groups in total. The monoisotopic (exact) mass is 226 g/mol. The Balaban J connectivity index is 2.11. The number of hydrogen-bond acceptors (Lipinski definition) is 3. The highest BCUT2D eigenvalue weighted by atomic mass is 16.3. The lowest BCUT2D eigenvalue weighted by molar-refractivity contribution is 0.563. The third-order valence-electron chi connectivity index (χ3n) is 2.57. The first-order chi connectivity index (χ1) is 8.40. The van der Waals surface area contributed by atoms with E-state index in [9.17, 15) is 0 Å². The minimum Gasteiger partial charge on any atom is -0.472 e. The quantitative estimate of drug-likeness (QED) is 0.786. The van der Waals surface area contributed by atoms with Gasteiger partial charge in [-0.05, 0) is 18.2 Å². The zero-order chi connectivity index (χ0) is 11.9. The van der Waals surface area contributed by atoms with Crippen molar-refractivity contribution in [3.63, 3.8) is 0 Å². The van der Waals surface area contributed by atoms with Crippen molar-refractivity contribution in [1.29, 1.82) is 5.26 Å². The number of hydrogen-bond donors (Lipinski definition) is 0. The van der Waals surface area contributed by atoms with Gasteiger partial charge in [-0.1, -0.05) is 18.2 Å². The summed E-state index contributed by atoms with van der Waals surface area (Å²) in [4.78, 5) is 2.17. The van der Waals surface area contributed by atoms with Crippen LogP contribution >= 0.6 is 0 Å². The molecule has 3 heteroatoms. The molecule has 0 saturated carbocycles. The van der Waals surface area contributed by atoms with Crippen LogP contribution in [0.3, 0.4) is 0 Å². The van der Waals surface area contributed by atoms with Gasteiger partial charge in [-0.25, -0.2) is 0 Å². The van der Waals surface area contributed by atoms with E-state index in [-0.39, 0.29) is 0 Å². The van der Waals surface area contributed by atoms with Gasteiger partial charge in [0.25, 0.3) is 0 Å². The van der Waals surface area contributed by atoms with Gasteiger partial charge in [0.2, 0.25) is 0 Å². The van der Waals surface area contributed by atoms with Gasteiger partial charge in [0.1, 0.15) is 0 Å². The first-order valence-corrected chi connectivity index (χ1v) is 5.58. The molecule has 0 atom stereocenters. The molecule has 1 heterocycles. The normalized spacial score (nSPS) is 9.82. The van der Waals surface area contributed by atoms with E-state index in [1.54, 1.807) is 12.5 Å². The molecule has 0 bridgehead atoms. The number of furan rings is 1. The van der Waals surface area contributed by atoms with Crippen molar-refractivity contribution in [1.82, 2.24) is 0 Å². The minimum atomic E-state index is 0.521. The highest BCUT2D eigenvalue weighted by molar-refractivity contribution is 5.46. The van der Waals surface area contributed by atoms with Gasteiger partial charge in [-0.15, -0.1) is 0 Å². The summed E-state index contributed by atoms with van der Waals surface area (Å²) in [5, 5.41) is 8.69. The molecular weight excluding hydrogens is 212 g/mol. The maximum atomic E-state index is 8.69. The molecule has 1 aromatic heterocycles. The number of rotatable bonds is 5. The second kappa shape index (κ2) is 5.76. The van der Waals surface area contributed by atoms with Crippen LogP contribution in [0.1, 0.15) is 12.0 Å². The molecule has 2 rings (SSSR count). The molecule has 17 heavy (non-hydrogen) atoms. The van der Waals surface area contributed by atoms with E-state index < -0.39 is 0 Å². The van der Waals surface area contributed by atoms with E-state index in [0.717, 1.165) is 24.3 Å². The fourth-order valence-electron chi connectivity index (χ4n) is 1.73. The fourth-order valence-corrected chi connectivity index (χ4v) is 1.73. The standard InChI is InChI=1S/C14H14N2O/c15-8-4-9-16(11-13-7-10-17-12-13)14-5-2-1-3-6-14/h1-3,5-7,10,12H,4,9,11H2. The summed E-state index contributed by atoms with van der Waals surface area (Å²) in [6, 6.07) is 14.2. The van der Waals surface area contributed by atoms with Crippen molar-refractivity contribution in [2.45, 2.75) is 13.0 Å². The summed E-state index contributed by atoms with van der Waals surface area (Å²) in [5.41, 5.74) is 2.25. The van der Waals surface area contributed by atoms with Gasteiger partial charge in [-0.2, -0.15) is 5.26 Å². The highest BCUT2D eigenvalue weighted by Crippen LogP contribution is 2.17. The summed E-state index contributed by atoms with van der Waals surface area (Å²) in [7, 11) is 0. The first kappa shape index (κ1) is 11.3. The van der Waals surface area contributed by atoms with E-state index >= 15 is 0 Å². The molecule has 0 aliphatic carbocycles. The van der Waals surface area contributed by atoms with Gasteiger partial charge < -0.3 is 9.32 Å². The maximum absolute atomic E-state index is 8.69. The Morgan fingerprint density at radius 3 is 2.65 bits per heavy atom. The van der Waals surface area contributed by atoms with Crippen LogP contribution in [0.15, 0.2) is 53.3 Å². The second-order valence-electron chi connectivity index (χ2n) is 3.80. The van der Waals surface area contributed by atoms with Crippen LogP contribution < -0.4 is 4.90 Å². The number of anilines is 1. The molecule has 0 aliphatic rings. The van der Waals surface area contributed by atoms with E-state index in [2.05, 4.69) is 23.1 Å². The predicted octanol–water partition coefficient (Wildman–Crippen LogP) is 3.20. The van der Waals surface area contributed by atoms with Crippen molar-refractivity contribution in [2.24, 2.45) is 0 Å². The van der Waals surface area contributed by atoms with Crippen molar-refractivity contribution < 1.29 is 4.42 Å². The van der Waals surface area contributed by atoms with Crippen LogP contribution in [0.4, 0.5) is 5.69 Å². The van der Waals surface area contributed by atoms with E-state index in [4.69, 9.17) is 9.68 Å². The molecule has 2 aromatic rings. The third kappa shape index (κ3) is 3.12. The zero-order valence-corrected chi connectivity index (χ0v) is 9.54. The zero-order valence-electron chi connectivity index (χ0n) is 9.54. The predicted molar refractivity (Wildman–Crippen MR) is 66.4 cm³/mol. The Labute approximate surface area is 101 Å². The van der Waals surface area contributed by atoms with Crippen molar-refractivity contribution >= 4 is 5.69 Å². The van der Waals surface area contributed by atoms with Crippen molar-refractivity contribution in [3.05, 3.63) is 54.5 Å². The van der Waals surface area contributed by atoms with Gasteiger partial charge in [0, 0.05) is 24.3 Å². The number of benzene rings is 1. The Hall–Kier alpha value is -2.21. The molecule has 0 amide bonds. The molecule has 0 saturated heterocycles. The SMILES string of the molecule is N#CCCN(Cc1ccoc1)c1ccccc1. The Bertz CT molecular complexity index is 471. The number of para-hydroxylation sites is 1. The van der Waals surface area contributed by atoms with E-state index in [0.29, 0.717) is 6.42 Å². The van der Waals surface area contributed by atoms with Gasteiger partial charge in [0.15, 0.2) is 0 Å². The average molecular weight is 226 g/mol. The summed E-state index contributed by atoms with van der Waals surface area (Å²) in [6.07, 6.45) is 3.93. The molecular formula is C14H14N2O. The van der Waals surface area contributed by atoms with Crippen LogP contribution in [0.25, 0.3) is 0 Å². The first-order valence-electron chi connectivity index (χ1n) is 5.58. The summed E-state index contributed by atoms with van der Waals surface area (Å²) >= 11 is 0. The van der Waals surface area contributed by atoms with Gasteiger partial charge >= 0.3 is 0 Å². The largest absolute Gasteiger partial charge is 0.472 e. The number of nitrogens with zero attached hydrogens (tertiary/aromatic N) is 2. The summed E-state index contributed by atoms with van der Waals surface area (Å²) in [5.74, 6) is 0. The minimum absolute atomic E-state index is 0.521. The van der Waals surface area contributed by atoms with Gasteiger partial charge in [-0.3, -0.25) is 0 Å². The maximum Gasteiger partial charge on any atom is 0.0952 e. The highest BCUT2D eigenvalue weighted by Gasteiger charge is 2.07. The lowest BCUT2D eigenvalue weighted by Crippen LogP contribution is -2.23. The topological polar surface area (TPSA) is 40.2 Å². The lowest BCUT2D eigenvalue weighted by Gasteiger charge is -2.23. The van der Waals surface area contributed by atoms with Crippen LogP contribution in [0.5, 0.6) is 0 Å². The smallest absolute Gasteiger partial charge is 0.0952 e. The fraction of sp³-hybridized carbons (Fsp3) is 0.214. The lowest BCUT2D eigenvalue weighted by atomic mass is 10.2. The third-order valence-corrected chi connectivity index (χ3v) is 2.57. The average Bonchev–Trinajstić information content (AvgIpc) is 2.88. The van der Waals surface area contributed by atoms with Crippen molar-refractivity contribution in [2.75, 3.05) is 11.4 Å². The second-order valence-corrected chi connectivity index (χ2v) is 3.80. The molecule has 86 valence electrons. The van der Waals surface area contributed by atoms with E-state index in [1.807, 2.05) is 24.3 Å².